The number of benzene rings is 1. The van der Waals surface area contributed by atoms with E-state index in [2.05, 4.69) is 17.1 Å². The number of ether oxygens (including phenoxy) is 1. The molecule has 3 heterocycles. The molecule has 3 saturated heterocycles. The van der Waals surface area contributed by atoms with Gasteiger partial charge >= 0.3 is 0 Å². The first-order valence-corrected chi connectivity index (χ1v) is 10.5. The summed E-state index contributed by atoms with van der Waals surface area (Å²) in [5.41, 5.74) is 1.14. The van der Waals surface area contributed by atoms with E-state index in [0.717, 1.165) is 37.2 Å². The quantitative estimate of drug-likeness (QED) is 0.758. The van der Waals surface area contributed by atoms with Crippen LogP contribution >= 0.6 is 0 Å². The van der Waals surface area contributed by atoms with Crippen molar-refractivity contribution in [2.24, 2.45) is 5.92 Å². The van der Waals surface area contributed by atoms with E-state index in [1.165, 1.54) is 4.31 Å². The van der Waals surface area contributed by atoms with Crippen molar-refractivity contribution in [2.75, 3.05) is 47.4 Å². The molecule has 3 aliphatic rings. The smallest absolute Gasteiger partial charge is 0.281 e. The van der Waals surface area contributed by atoms with E-state index in [1.807, 2.05) is 24.3 Å². The number of piperidine rings is 1. The highest BCUT2D eigenvalue weighted by molar-refractivity contribution is 7.86. The van der Waals surface area contributed by atoms with Gasteiger partial charge in [-0.15, -0.1) is 0 Å². The van der Waals surface area contributed by atoms with Crippen molar-refractivity contribution in [3.63, 3.8) is 0 Å². The summed E-state index contributed by atoms with van der Waals surface area (Å²) in [6.07, 6.45) is 6.48. The second-order valence-electron chi connectivity index (χ2n) is 7.33. The SMILES string of the molecule is COc1ccc(/C=C/CN2C[C@H]3CC[C@@H]2CN(S(=O)(=O)N(C)C)C3)cc1. The van der Waals surface area contributed by atoms with Gasteiger partial charge in [-0.25, -0.2) is 0 Å². The van der Waals surface area contributed by atoms with Crippen LogP contribution in [0.3, 0.4) is 0 Å². The highest BCUT2D eigenvalue weighted by atomic mass is 32.2. The van der Waals surface area contributed by atoms with E-state index in [0.29, 0.717) is 25.0 Å². The molecule has 1 aromatic carbocycles. The van der Waals surface area contributed by atoms with E-state index in [9.17, 15) is 8.42 Å². The lowest BCUT2D eigenvalue weighted by molar-refractivity contribution is 0.149. The lowest BCUT2D eigenvalue weighted by atomic mass is 9.95. The number of hydrogen-bond donors (Lipinski definition) is 0. The average molecular weight is 380 g/mol. The predicted octanol–water partition coefficient (Wildman–Crippen LogP) is 1.91. The van der Waals surface area contributed by atoms with Crippen molar-refractivity contribution in [1.82, 2.24) is 13.5 Å². The Labute approximate surface area is 157 Å². The lowest BCUT2D eigenvalue weighted by Gasteiger charge is -2.35. The summed E-state index contributed by atoms with van der Waals surface area (Å²) in [7, 11) is 1.55. The number of fused-ring (bicyclic) bond motifs is 4. The van der Waals surface area contributed by atoms with Crippen LogP contribution in [0.15, 0.2) is 30.3 Å². The summed E-state index contributed by atoms with van der Waals surface area (Å²) in [5, 5.41) is 0. The van der Waals surface area contributed by atoms with Crippen LogP contribution in [0.2, 0.25) is 0 Å². The molecule has 3 fully saturated rings. The van der Waals surface area contributed by atoms with Gasteiger partial charge in [0.2, 0.25) is 0 Å². The fourth-order valence-electron chi connectivity index (χ4n) is 3.82. The maximum atomic E-state index is 12.5. The third-order valence-corrected chi connectivity index (χ3v) is 7.22. The summed E-state index contributed by atoms with van der Waals surface area (Å²) in [4.78, 5) is 2.43. The molecule has 0 N–H and O–H groups in total. The molecule has 26 heavy (non-hydrogen) atoms. The third kappa shape index (κ3) is 4.28. The van der Waals surface area contributed by atoms with Crippen molar-refractivity contribution in [1.29, 1.82) is 0 Å². The first-order valence-electron chi connectivity index (χ1n) is 9.12. The average Bonchev–Trinajstić information content (AvgIpc) is 2.95. The topological polar surface area (TPSA) is 53.1 Å². The summed E-state index contributed by atoms with van der Waals surface area (Å²) < 4.78 is 33.2. The molecule has 0 unspecified atom stereocenters. The van der Waals surface area contributed by atoms with Gasteiger partial charge in [-0.3, -0.25) is 4.90 Å². The molecule has 7 heteroatoms. The predicted molar refractivity (Wildman–Crippen MR) is 104 cm³/mol. The normalized spacial score (nSPS) is 25.1. The van der Waals surface area contributed by atoms with Gasteiger partial charge in [-0.2, -0.15) is 17.0 Å². The summed E-state index contributed by atoms with van der Waals surface area (Å²) in [6, 6.07) is 8.28. The minimum absolute atomic E-state index is 0.295. The van der Waals surface area contributed by atoms with Crippen LogP contribution in [0.5, 0.6) is 5.75 Å². The van der Waals surface area contributed by atoms with Gasteiger partial charge in [-0.1, -0.05) is 24.3 Å². The molecule has 2 bridgehead atoms. The fourth-order valence-corrected chi connectivity index (χ4v) is 5.04. The second-order valence-corrected chi connectivity index (χ2v) is 9.48. The Morgan fingerprint density at radius 1 is 1.15 bits per heavy atom. The van der Waals surface area contributed by atoms with Gasteiger partial charge in [-0.05, 0) is 36.5 Å². The molecule has 4 rings (SSSR count). The Bertz CT molecular complexity index is 731. The zero-order valence-corrected chi connectivity index (χ0v) is 16.7. The van der Waals surface area contributed by atoms with Gasteiger partial charge < -0.3 is 4.74 Å². The van der Waals surface area contributed by atoms with Crippen molar-refractivity contribution < 1.29 is 13.2 Å². The molecule has 1 aromatic rings. The maximum absolute atomic E-state index is 12.5. The van der Waals surface area contributed by atoms with Crippen LogP contribution < -0.4 is 4.74 Å². The Morgan fingerprint density at radius 2 is 1.88 bits per heavy atom. The number of hydrogen-bond acceptors (Lipinski definition) is 4. The van der Waals surface area contributed by atoms with Gasteiger partial charge in [0.1, 0.15) is 5.75 Å². The van der Waals surface area contributed by atoms with E-state index >= 15 is 0 Å². The zero-order valence-electron chi connectivity index (χ0n) is 15.8. The van der Waals surface area contributed by atoms with Crippen LogP contribution in [0.1, 0.15) is 18.4 Å². The van der Waals surface area contributed by atoms with Gasteiger partial charge in [0.25, 0.3) is 10.2 Å². The van der Waals surface area contributed by atoms with E-state index in [1.54, 1.807) is 25.5 Å². The Kier molecular flexibility index (Phi) is 6.02. The van der Waals surface area contributed by atoms with Gasteiger partial charge in [0.15, 0.2) is 0 Å². The second kappa shape index (κ2) is 8.08. The van der Waals surface area contributed by atoms with Gasteiger partial charge in [0.05, 0.1) is 7.11 Å². The number of methoxy groups -OCH3 is 1. The summed E-state index contributed by atoms with van der Waals surface area (Å²) in [5.74, 6) is 1.27. The van der Waals surface area contributed by atoms with Crippen molar-refractivity contribution in [2.45, 2.75) is 18.9 Å². The lowest BCUT2D eigenvalue weighted by Crippen LogP contribution is -2.46. The zero-order chi connectivity index (χ0) is 18.7. The summed E-state index contributed by atoms with van der Waals surface area (Å²) >= 11 is 0. The number of nitrogens with zero attached hydrogens (tertiary/aromatic N) is 3. The van der Waals surface area contributed by atoms with Crippen molar-refractivity contribution in [3.8, 4) is 5.75 Å². The fraction of sp³-hybridized carbons (Fsp3) is 0.579. The highest BCUT2D eigenvalue weighted by Crippen LogP contribution is 2.29. The van der Waals surface area contributed by atoms with E-state index < -0.39 is 10.2 Å². The Balaban J connectivity index is 1.64. The van der Waals surface area contributed by atoms with Crippen molar-refractivity contribution in [3.05, 3.63) is 35.9 Å². The first-order chi connectivity index (χ1) is 12.4. The van der Waals surface area contributed by atoms with E-state index in [4.69, 9.17) is 4.74 Å². The molecule has 0 amide bonds. The molecular weight excluding hydrogens is 350 g/mol. The third-order valence-electron chi connectivity index (χ3n) is 5.35. The number of rotatable bonds is 6. The Hall–Kier alpha value is -1.41. The van der Waals surface area contributed by atoms with Crippen LogP contribution in [0.25, 0.3) is 6.08 Å². The molecule has 2 atom stereocenters. The molecule has 3 aliphatic heterocycles. The molecule has 6 nitrogen and oxygen atoms in total. The van der Waals surface area contributed by atoms with Crippen LogP contribution in [0, 0.1) is 5.92 Å². The monoisotopic (exact) mass is 379 g/mol. The molecule has 0 radical (unpaired) electrons. The maximum Gasteiger partial charge on any atom is 0.281 e. The van der Waals surface area contributed by atoms with Crippen molar-refractivity contribution >= 4 is 16.3 Å². The highest BCUT2D eigenvalue weighted by Gasteiger charge is 2.39. The standard InChI is InChI=1S/C19H29N3O3S/c1-20(2)26(23,24)22-14-17-6-9-18(15-22)21(13-17)12-4-5-16-7-10-19(25-3)11-8-16/h4-5,7-8,10-11,17-18H,6,9,12-15H2,1-3H3/b5-4+/t17-,18-/m1/s1. The first kappa shape index (κ1) is 19.4. The molecule has 0 aromatic heterocycles. The molecule has 0 spiro atoms. The molecule has 0 aliphatic carbocycles. The minimum Gasteiger partial charge on any atom is -0.497 e. The van der Waals surface area contributed by atoms with Gasteiger partial charge in [0, 0.05) is 46.3 Å². The van der Waals surface area contributed by atoms with Crippen LogP contribution in [-0.2, 0) is 10.2 Å². The largest absolute Gasteiger partial charge is 0.497 e. The molecular formula is C19H29N3O3S. The summed E-state index contributed by atoms with van der Waals surface area (Å²) in [6.45, 7) is 3.04. The molecule has 144 valence electrons. The molecule has 0 saturated carbocycles. The Morgan fingerprint density at radius 3 is 2.54 bits per heavy atom. The van der Waals surface area contributed by atoms with E-state index in [-0.39, 0.29) is 0 Å². The minimum atomic E-state index is -3.33. The van der Waals surface area contributed by atoms with Crippen LogP contribution in [-0.4, -0.2) is 75.4 Å². The van der Waals surface area contributed by atoms with Crippen LogP contribution in [0.4, 0.5) is 0 Å².